The average Bonchev–Trinajstić information content (AvgIpc) is 3.13. The molecule has 0 radical (unpaired) electrons. The van der Waals surface area contributed by atoms with Gasteiger partial charge in [0.2, 0.25) is 0 Å². The number of esters is 1. The Hall–Kier alpha value is -2.55. The number of nitriles is 1. The summed E-state index contributed by atoms with van der Waals surface area (Å²) in [6.07, 6.45) is 17.9. The smallest absolute Gasteiger partial charge is 0.356 e. The van der Waals surface area contributed by atoms with Gasteiger partial charge in [-0.1, -0.05) is 57.4 Å². The number of anilines is 1. The highest BCUT2D eigenvalue weighted by Gasteiger charge is 2.20. The first-order valence-corrected chi connectivity index (χ1v) is 10.7. The van der Waals surface area contributed by atoms with Crippen LogP contribution in [0.1, 0.15) is 80.3 Å². The second-order valence-corrected chi connectivity index (χ2v) is 8.05. The molecule has 2 aliphatic carbocycles. The van der Waals surface area contributed by atoms with Gasteiger partial charge in [0.1, 0.15) is 11.8 Å². The van der Waals surface area contributed by atoms with E-state index in [1.54, 1.807) is 0 Å². The maximum absolute atomic E-state index is 11.4. The molecule has 2 saturated carbocycles. The zero-order chi connectivity index (χ0) is 21.1. The first-order chi connectivity index (χ1) is 14.1. The Labute approximate surface area is 173 Å². The van der Waals surface area contributed by atoms with Crippen molar-refractivity contribution < 1.29 is 14.3 Å². The van der Waals surface area contributed by atoms with E-state index in [2.05, 4.69) is 9.72 Å². The molecule has 6 nitrogen and oxygen atoms in total. The van der Waals surface area contributed by atoms with Crippen molar-refractivity contribution in [1.29, 1.82) is 5.26 Å². The molecule has 0 aromatic carbocycles. The molecular weight excluding hydrogens is 366 g/mol. The molecule has 1 aromatic rings. The lowest BCUT2D eigenvalue weighted by molar-refractivity contribution is -0.104. The number of nitrogens with one attached hydrogen (secondary N) is 1. The summed E-state index contributed by atoms with van der Waals surface area (Å²) in [5.74, 6) is 0.795. The Morgan fingerprint density at radius 2 is 1.83 bits per heavy atom. The van der Waals surface area contributed by atoms with Crippen molar-refractivity contribution in [1.82, 2.24) is 4.98 Å². The molecule has 1 heterocycles. The molecule has 0 bridgehead atoms. The number of nitrogens with zero attached hydrogens (tertiary/aromatic N) is 1. The molecule has 0 unspecified atom stereocenters. The third-order valence-electron chi connectivity index (χ3n) is 5.95. The summed E-state index contributed by atoms with van der Waals surface area (Å²) < 4.78 is 4.67. The van der Waals surface area contributed by atoms with Crippen LogP contribution in [0.2, 0.25) is 0 Å². The molecule has 1 aromatic heterocycles. The topological polar surface area (TPSA) is 109 Å². The van der Waals surface area contributed by atoms with Gasteiger partial charge in [0.25, 0.3) is 0 Å². The van der Waals surface area contributed by atoms with Crippen LogP contribution in [0.25, 0.3) is 0 Å². The van der Waals surface area contributed by atoms with Crippen molar-refractivity contribution in [2.45, 2.75) is 70.6 Å². The first kappa shape index (κ1) is 22.7. The van der Waals surface area contributed by atoms with E-state index >= 15 is 0 Å². The fourth-order valence-electron chi connectivity index (χ4n) is 4.28. The molecule has 3 N–H and O–H groups in total. The van der Waals surface area contributed by atoms with Gasteiger partial charge in [-0.15, -0.1) is 0 Å². The number of ether oxygens (including phenoxy) is 1. The van der Waals surface area contributed by atoms with Crippen LogP contribution in [0.15, 0.2) is 17.8 Å². The highest BCUT2D eigenvalue weighted by molar-refractivity contribution is 5.93. The molecule has 0 saturated heterocycles. The van der Waals surface area contributed by atoms with Crippen LogP contribution in [-0.4, -0.2) is 24.3 Å². The van der Waals surface area contributed by atoms with Crippen LogP contribution in [0, 0.1) is 23.2 Å². The Bertz CT molecular complexity index is 733. The van der Waals surface area contributed by atoms with Crippen molar-refractivity contribution in [3.63, 3.8) is 0 Å². The van der Waals surface area contributed by atoms with E-state index in [1.165, 1.54) is 58.5 Å². The molecule has 158 valence electrons. The molecule has 3 rings (SSSR count). The van der Waals surface area contributed by atoms with Crippen molar-refractivity contribution in [2.24, 2.45) is 11.8 Å². The lowest BCUT2D eigenvalue weighted by Crippen LogP contribution is -2.10. The van der Waals surface area contributed by atoms with Gasteiger partial charge in [-0.05, 0) is 36.7 Å². The summed E-state index contributed by atoms with van der Waals surface area (Å²) in [5, 5.41) is 8.51. The molecule has 2 aliphatic rings. The number of nitrogens with two attached hydrogens (primary N) is 1. The molecule has 29 heavy (non-hydrogen) atoms. The maximum atomic E-state index is 11.4. The fraction of sp³-hybridized carbons (Fsp3) is 0.609. The van der Waals surface area contributed by atoms with Crippen molar-refractivity contribution >= 4 is 17.9 Å². The minimum Gasteiger partial charge on any atom is -0.464 e. The molecule has 2 fully saturated rings. The van der Waals surface area contributed by atoms with Crippen LogP contribution in [0.4, 0.5) is 5.69 Å². The van der Waals surface area contributed by atoms with Crippen LogP contribution >= 0.6 is 0 Å². The number of carbonyl (C=O) groups is 2. The first-order valence-electron chi connectivity index (χ1n) is 10.7. The predicted octanol–water partition coefficient (Wildman–Crippen LogP) is 4.72. The minimum absolute atomic E-state index is 0.293. The summed E-state index contributed by atoms with van der Waals surface area (Å²) >= 11 is 0. The van der Waals surface area contributed by atoms with Gasteiger partial charge in [-0.2, -0.15) is 5.26 Å². The van der Waals surface area contributed by atoms with E-state index in [0.29, 0.717) is 35.1 Å². The third kappa shape index (κ3) is 7.08. The molecule has 6 heteroatoms. The summed E-state index contributed by atoms with van der Waals surface area (Å²) in [5.41, 5.74) is 8.26. The van der Waals surface area contributed by atoms with Gasteiger partial charge in [0.05, 0.1) is 18.4 Å². The average molecular weight is 400 g/mol. The molecule has 0 amide bonds. The van der Waals surface area contributed by atoms with Gasteiger partial charge in [0, 0.05) is 6.20 Å². The lowest BCUT2D eigenvalue weighted by Gasteiger charge is -2.21. The number of hydrogen-bond donors (Lipinski definition) is 2. The van der Waals surface area contributed by atoms with E-state index in [4.69, 9.17) is 11.0 Å². The SMILES string of the molecule is COC(=O)c1[nH]cc(CC2CCCCC2)c1N.N#CC(C=O)=CC1CCCCC1. The number of aromatic nitrogens is 1. The Morgan fingerprint density at radius 3 is 2.38 bits per heavy atom. The number of H-pyrrole nitrogens is 1. The van der Waals surface area contributed by atoms with E-state index in [9.17, 15) is 9.59 Å². The lowest BCUT2D eigenvalue weighted by atomic mass is 9.85. The molecular formula is C23H33N3O3. The Balaban J connectivity index is 0.000000221. The monoisotopic (exact) mass is 399 g/mol. The quantitative estimate of drug-likeness (QED) is 0.322. The summed E-state index contributed by atoms with van der Waals surface area (Å²) in [4.78, 5) is 24.6. The summed E-state index contributed by atoms with van der Waals surface area (Å²) in [7, 11) is 1.36. The molecule has 0 aliphatic heterocycles. The Kier molecular flexibility index (Phi) is 9.49. The predicted molar refractivity (Wildman–Crippen MR) is 113 cm³/mol. The summed E-state index contributed by atoms with van der Waals surface area (Å²) in [6.45, 7) is 0. The van der Waals surface area contributed by atoms with Gasteiger partial charge in [-0.3, -0.25) is 4.79 Å². The van der Waals surface area contributed by atoms with Crippen LogP contribution in [0.5, 0.6) is 0 Å². The number of rotatable bonds is 5. The van der Waals surface area contributed by atoms with Crippen LogP contribution < -0.4 is 5.73 Å². The van der Waals surface area contributed by atoms with E-state index in [-0.39, 0.29) is 0 Å². The van der Waals surface area contributed by atoms with Gasteiger partial charge < -0.3 is 15.5 Å². The second-order valence-electron chi connectivity index (χ2n) is 8.05. The highest BCUT2D eigenvalue weighted by atomic mass is 16.5. The fourth-order valence-corrected chi connectivity index (χ4v) is 4.28. The maximum Gasteiger partial charge on any atom is 0.356 e. The minimum atomic E-state index is -0.391. The Morgan fingerprint density at radius 1 is 1.21 bits per heavy atom. The standard InChI is InChI=1S/C13H20N2O2.C10H13NO/c1-17-13(16)12-11(14)10(8-15-12)7-9-5-3-2-4-6-9;11-7-10(8-12)6-9-4-2-1-3-5-9/h8-9,15H,2-7,14H2,1H3;6,8-9H,1-5H2. The highest BCUT2D eigenvalue weighted by Crippen LogP contribution is 2.29. The largest absolute Gasteiger partial charge is 0.464 e. The number of nitrogen functional groups attached to an aromatic ring is 1. The van der Waals surface area contributed by atoms with Crippen LogP contribution in [-0.2, 0) is 16.0 Å². The number of aldehydes is 1. The summed E-state index contributed by atoms with van der Waals surface area (Å²) in [6, 6.07) is 1.89. The van der Waals surface area contributed by atoms with Crippen molar-refractivity contribution in [2.75, 3.05) is 12.8 Å². The zero-order valence-electron chi connectivity index (χ0n) is 17.4. The number of allylic oxidation sites excluding steroid dienone is 2. The normalized spacial score (nSPS) is 18.3. The van der Waals surface area contributed by atoms with Gasteiger partial charge in [-0.25, -0.2) is 4.79 Å². The van der Waals surface area contributed by atoms with Crippen molar-refractivity contribution in [3.8, 4) is 6.07 Å². The van der Waals surface area contributed by atoms with E-state index in [1.807, 2.05) is 18.3 Å². The van der Waals surface area contributed by atoms with E-state index < -0.39 is 5.97 Å². The number of carbonyl (C=O) groups excluding carboxylic acids is 2. The number of hydrogen-bond acceptors (Lipinski definition) is 5. The molecule has 0 spiro atoms. The number of aromatic amines is 1. The second kappa shape index (κ2) is 12.1. The van der Waals surface area contributed by atoms with E-state index in [0.717, 1.165) is 24.8 Å². The van der Waals surface area contributed by atoms with Crippen LogP contribution in [0.3, 0.4) is 0 Å². The van der Waals surface area contributed by atoms with Crippen molar-refractivity contribution in [3.05, 3.63) is 29.1 Å². The molecule has 0 atom stereocenters. The van der Waals surface area contributed by atoms with Gasteiger partial charge in [0.15, 0.2) is 6.29 Å². The third-order valence-corrected chi connectivity index (χ3v) is 5.95. The number of methoxy groups -OCH3 is 1. The van der Waals surface area contributed by atoms with Gasteiger partial charge >= 0.3 is 5.97 Å². The zero-order valence-corrected chi connectivity index (χ0v) is 17.4.